The molecule has 6 heteroatoms. The van der Waals surface area contributed by atoms with E-state index in [4.69, 9.17) is 17.3 Å². The first kappa shape index (κ1) is 15.0. The van der Waals surface area contributed by atoms with E-state index >= 15 is 0 Å². The first-order chi connectivity index (χ1) is 7.74. The van der Waals surface area contributed by atoms with Gasteiger partial charge < -0.3 is 11.1 Å². The molecule has 0 spiro atoms. The molecule has 3 nitrogen and oxygen atoms in total. The topological polar surface area (TPSA) is 50.4 Å². The Kier molecular flexibility index (Phi) is 6.58. The van der Waals surface area contributed by atoms with Gasteiger partial charge >= 0.3 is 0 Å². The minimum absolute atomic E-state index is 0. The molecule has 1 heterocycles. The number of thiophene rings is 1. The van der Waals surface area contributed by atoms with Crippen molar-refractivity contribution in [3.8, 4) is 0 Å². The quantitative estimate of drug-likeness (QED) is 0.475. The fourth-order valence-corrected chi connectivity index (χ4v) is 2.61. The van der Waals surface area contributed by atoms with Crippen LogP contribution in [0.5, 0.6) is 0 Å². The fourth-order valence-electron chi connectivity index (χ4n) is 1.60. The number of aliphatic imine (C=N–C) groups is 1. The van der Waals surface area contributed by atoms with Gasteiger partial charge in [-0.15, -0.1) is 35.3 Å². The summed E-state index contributed by atoms with van der Waals surface area (Å²) < 4.78 is 0.797. The standard InChI is InChI=1S/C11H16ClN3S.HI/c12-10-5-4-9(16-10)7-15-11(13)14-6-8-2-1-3-8;/h4-5,8H,1-3,6-7H2,(H3,13,14,15);1H. The second-order valence-corrected chi connectivity index (χ2v) is 5.88. The molecule has 0 bridgehead atoms. The van der Waals surface area contributed by atoms with Gasteiger partial charge in [-0.2, -0.15) is 0 Å². The van der Waals surface area contributed by atoms with Crippen molar-refractivity contribution in [3.63, 3.8) is 0 Å². The highest BCUT2D eigenvalue weighted by atomic mass is 127. The van der Waals surface area contributed by atoms with Gasteiger partial charge in [0.1, 0.15) is 0 Å². The summed E-state index contributed by atoms with van der Waals surface area (Å²) in [6, 6.07) is 3.87. The monoisotopic (exact) mass is 385 g/mol. The minimum atomic E-state index is 0. The van der Waals surface area contributed by atoms with Crippen LogP contribution in [0.25, 0.3) is 0 Å². The largest absolute Gasteiger partial charge is 0.370 e. The van der Waals surface area contributed by atoms with Crippen LogP contribution in [0, 0.1) is 5.92 Å². The molecule has 0 atom stereocenters. The second kappa shape index (κ2) is 7.43. The number of rotatable bonds is 4. The van der Waals surface area contributed by atoms with Gasteiger partial charge in [0.25, 0.3) is 0 Å². The maximum atomic E-state index is 5.83. The molecule has 0 unspecified atom stereocenters. The molecule has 0 aliphatic heterocycles. The van der Waals surface area contributed by atoms with E-state index in [0.29, 0.717) is 12.5 Å². The molecule has 96 valence electrons. The van der Waals surface area contributed by atoms with Crippen LogP contribution in [-0.2, 0) is 6.54 Å². The van der Waals surface area contributed by atoms with Crippen molar-refractivity contribution >= 4 is 52.9 Å². The molecule has 17 heavy (non-hydrogen) atoms. The highest BCUT2D eigenvalue weighted by molar-refractivity contribution is 14.0. The molecular weight excluding hydrogens is 369 g/mol. The third kappa shape index (κ3) is 5.01. The van der Waals surface area contributed by atoms with Gasteiger partial charge in [0.05, 0.1) is 10.9 Å². The molecule has 0 amide bonds. The summed E-state index contributed by atoms with van der Waals surface area (Å²) in [6.07, 6.45) is 4.00. The lowest BCUT2D eigenvalue weighted by Gasteiger charge is -2.25. The van der Waals surface area contributed by atoms with E-state index in [0.717, 1.165) is 21.7 Å². The van der Waals surface area contributed by atoms with Crippen LogP contribution in [0.15, 0.2) is 17.1 Å². The molecule has 1 aliphatic carbocycles. The zero-order valence-corrected chi connectivity index (χ0v) is 13.4. The van der Waals surface area contributed by atoms with Crippen LogP contribution in [0.3, 0.4) is 0 Å². The van der Waals surface area contributed by atoms with E-state index in [1.54, 1.807) is 11.3 Å². The van der Waals surface area contributed by atoms with Crippen LogP contribution in [0.2, 0.25) is 4.34 Å². The van der Waals surface area contributed by atoms with Crippen molar-refractivity contribution in [2.75, 3.05) is 6.54 Å². The first-order valence-corrected chi connectivity index (χ1v) is 6.71. The average Bonchev–Trinajstić information content (AvgIpc) is 2.59. The lowest BCUT2D eigenvalue weighted by atomic mass is 9.85. The van der Waals surface area contributed by atoms with Gasteiger partial charge in [0.2, 0.25) is 0 Å². The van der Waals surface area contributed by atoms with E-state index in [1.807, 2.05) is 12.1 Å². The number of nitrogens with one attached hydrogen (secondary N) is 1. The number of nitrogens with zero attached hydrogens (tertiary/aromatic N) is 1. The summed E-state index contributed by atoms with van der Waals surface area (Å²) in [5.74, 6) is 1.33. The predicted octanol–water partition coefficient (Wildman–Crippen LogP) is 3.22. The normalized spacial score (nSPS) is 16.2. The van der Waals surface area contributed by atoms with E-state index in [1.165, 1.54) is 19.3 Å². The number of hydrogen-bond acceptors (Lipinski definition) is 2. The lowest BCUT2D eigenvalue weighted by Crippen LogP contribution is -2.37. The van der Waals surface area contributed by atoms with E-state index in [2.05, 4.69) is 10.3 Å². The van der Waals surface area contributed by atoms with Crippen molar-refractivity contribution in [1.82, 2.24) is 5.32 Å². The van der Waals surface area contributed by atoms with Gasteiger partial charge in [-0.3, -0.25) is 0 Å². The summed E-state index contributed by atoms with van der Waals surface area (Å²) in [6.45, 7) is 1.57. The van der Waals surface area contributed by atoms with Gasteiger partial charge in [0.15, 0.2) is 5.96 Å². The third-order valence-corrected chi connectivity index (χ3v) is 4.05. The molecule has 0 saturated heterocycles. The zero-order chi connectivity index (χ0) is 11.4. The van der Waals surface area contributed by atoms with Crippen molar-refractivity contribution in [1.29, 1.82) is 0 Å². The third-order valence-electron chi connectivity index (χ3n) is 2.83. The number of hydrogen-bond donors (Lipinski definition) is 2. The Morgan fingerprint density at radius 1 is 1.53 bits per heavy atom. The van der Waals surface area contributed by atoms with Crippen molar-refractivity contribution < 1.29 is 0 Å². The van der Waals surface area contributed by atoms with Gasteiger partial charge in [-0.1, -0.05) is 18.0 Å². The number of guanidine groups is 1. The summed E-state index contributed by atoms with van der Waals surface area (Å²) in [7, 11) is 0. The maximum absolute atomic E-state index is 5.83. The zero-order valence-electron chi connectivity index (χ0n) is 9.49. The molecule has 0 aromatic carbocycles. The Morgan fingerprint density at radius 2 is 2.29 bits per heavy atom. The van der Waals surface area contributed by atoms with E-state index < -0.39 is 0 Å². The van der Waals surface area contributed by atoms with Crippen molar-refractivity contribution in [2.24, 2.45) is 16.6 Å². The Morgan fingerprint density at radius 3 is 2.82 bits per heavy atom. The van der Waals surface area contributed by atoms with Crippen LogP contribution in [0.4, 0.5) is 0 Å². The Bertz CT molecular complexity index is 377. The maximum Gasteiger partial charge on any atom is 0.188 e. The van der Waals surface area contributed by atoms with Crippen molar-refractivity contribution in [3.05, 3.63) is 21.3 Å². The van der Waals surface area contributed by atoms with Crippen LogP contribution >= 0.6 is 46.9 Å². The molecule has 3 N–H and O–H groups in total. The molecule has 1 aromatic heterocycles. The average molecular weight is 386 g/mol. The molecule has 1 aromatic rings. The molecular formula is C11H17ClIN3S. The van der Waals surface area contributed by atoms with Crippen molar-refractivity contribution in [2.45, 2.75) is 25.8 Å². The summed E-state index contributed by atoms with van der Waals surface area (Å²) in [5, 5.41) is 3.16. The fraction of sp³-hybridized carbons (Fsp3) is 0.545. The minimum Gasteiger partial charge on any atom is -0.370 e. The molecule has 1 aliphatic rings. The van der Waals surface area contributed by atoms with Crippen LogP contribution in [0.1, 0.15) is 24.1 Å². The Hall–Kier alpha value is -0.0100. The molecule has 1 fully saturated rings. The Labute approximate surface area is 128 Å². The van der Waals surface area contributed by atoms with E-state index in [-0.39, 0.29) is 24.0 Å². The molecule has 1 saturated carbocycles. The first-order valence-electron chi connectivity index (χ1n) is 5.52. The predicted molar refractivity (Wildman–Crippen MR) is 85.4 cm³/mol. The van der Waals surface area contributed by atoms with Gasteiger partial charge in [-0.25, -0.2) is 4.99 Å². The smallest absolute Gasteiger partial charge is 0.188 e. The van der Waals surface area contributed by atoms with Gasteiger partial charge in [-0.05, 0) is 30.9 Å². The summed E-state index contributed by atoms with van der Waals surface area (Å²) in [4.78, 5) is 5.41. The Balaban J connectivity index is 0.00000144. The second-order valence-electron chi connectivity index (χ2n) is 4.09. The van der Waals surface area contributed by atoms with Gasteiger partial charge in [0, 0.05) is 11.4 Å². The SMILES string of the molecule is I.NC(=NCc1ccc(Cl)s1)NCC1CCC1. The number of nitrogens with two attached hydrogens (primary N) is 1. The van der Waals surface area contributed by atoms with E-state index in [9.17, 15) is 0 Å². The highest BCUT2D eigenvalue weighted by Crippen LogP contribution is 2.25. The highest BCUT2D eigenvalue weighted by Gasteiger charge is 2.16. The summed E-state index contributed by atoms with van der Waals surface area (Å²) in [5.41, 5.74) is 5.77. The lowest BCUT2D eigenvalue weighted by molar-refractivity contribution is 0.315. The molecule has 2 rings (SSSR count). The number of halogens is 2. The molecule has 0 radical (unpaired) electrons. The van der Waals surface area contributed by atoms with Crippen LogP contribution in [-0.4, -0.2) is 12.5 Å². The van der Waals surface area contributed by atoms with Crippen LogP contribution < -0.4 is 11.1 Å². The summed E-state index contributed by atoms with van der Waals surface area (Å²) >= 11 is 7.37.